The van der Waals surface area contributed by atoms with E-state index in [1.807, 2.05) is 0 Å². The van der Waals surface area contributed by atoms with Crippen LogP contribution in [0.5, 0.6) is 0 Å². The fraction of sp³-hybridized carbons (Fsp3) is 0.875. The summed E-state index contributed by atoms with van der Waals surface area (Å²) < 4.78 is 11.9. The van der Waals surface area contributed by atoms with Gasteiger partial charge in [0.2, 0.25) is 0 Å². The van der Waals surface area contributed by atoms with Crippen LogP contribution in [0.4, 0.5) is 0 Å². The summed E-state index contributed by atoms with van der Waals surface area (Å²) in [5, 5.41) is 18.4. The Balaban J connectivity index is 1.85. The predicted octanol–water partition coefficient (Wildman–Crippen LogP) is 1.89. The molecule has 2 aliphatic heterocycles. The molecule has 0 aromatic heterocycles. The molecule has 2 aliphatic rings. The molecule has 2 N–H and O–H groups in total. The van der Waals surface area contributed by atoms with Gasteiger partial charge in [-0.15, -0.1) is 0 Å². The highest BCUT2D eigenvalue weighted by Gasteiger charge is 2.36. The standard InChI is InChI=1S/C16H28O4/c1-10-4-5-19-16(12(10)3)8-15-11(2)6-14(20-15)7-13(18)9-17/h10-11,13-18H,3-9H2,1-2H3/t10-,11?,13?,14+,15?,16-/m1/s1. The van der Waals surface area contributed by atoms with Crippen molar-refractivity contribution < 1.29 is 19.7 Å². The number of ether oxygens (including phenoxy) is 2. The minimum absolute atomic E-state index is 0.0476. The maximum atomic E-state index is 9.52. The fourth-order valence-electron chi connectivity index (χ4n) is 3.25. The number of hydrogen-bond acceptors (Lipinski definition) is 4. The van der Waals surface area contributed by atoms with Gasteiger partial charge in [0.05, 0.1) is 31.0 Å². The van der Waals surface area contributed by atoms with Crippen LogP contribution < -0.4 is 0 Å². The molecule has 3 unspecified atom stereocenters. The number of aliphatic hydroxyl groups excluding tert-OH is 2. The summed E-state index contributed by atoms with van der Waals surface area (Å²) >= 11 is 0. The Kier molecular flexibility index (Phi) is 5.61. The molecule has 2 heterocycles. The zero-order chi connectivity index (χ0) is 14.7. The first-order chi connectivity index (χ1) is 9.51. The third kappa shape index (κ3) is 3.82. The van der Waals surface area contributed by atoms with Crippen LogP contribution in [0.25, 0.3) is 0 Å². The molecule has 0 spiro atoms. The highest BCUT2D eigenvalue weighted by atomic mass is 16.5. The molecule has 0 amide bonds. The summed E-state index contributed by atoms with van der Waals surface area (Å²) in [6, 6.07) is 0. The van der Waals surface area contributed by atoms with E-state index in [4.69, 9.17) is 14.6 Å². The number of hydrogen-bond donors (Lipinski definition) is 2. The molecule has 4 nitrogen and oxygen atoms in total. The van der Waals surface area contributed by atoms with Crippen LogP contribution in [-0.2, 0) is 9.47 Å². The van der Waals surface area contributed by atoms with Crippen molar-refractivity contribution in [2.24, 2.45) is 11.8 Å². The second kappa shape index (κ2) is 7.03. The minimum atomic E-state index is -0.674. The molecule has 0 aromatic rings. The third-order valence-electron chi connectivity index (χ3n) is 4.75. The molecule has 116 valence electrons. The van der Waals surface area contributed by atoms with Gasteiger partial charge in [0.1, 0.15) is 0 Å². The maximum Gasteiger partial charge on any atom is 0.0809 e. The predicted molar refractivity (Wildman–Crippen MR) is 77.4 cm³/mol. The Morgan fingerprint density at radius 1 is 1.40 bits per heavy atom. The van der Waals surface area contributed by atoms with Gasteiger partial charge in [-0.2, -0.15) is 0 Å². The zero-order valence-corrected chi connectivity index (χ0v) is 12.6. The second-order valence-corrected chi connectivity index (χ2v) is 6.44. The van der Waals surface area contributed by atoms with Crippen molar-refractivity contribution in [3.05, 3.63) is 12.2 Å². The van der Waals surface area contributed by atoms with Crippen molar-refractivity contribution in [1.82, 2.24) is 0 Å². The van der Waals surface area contributed by atoms with Crippen LogP contribution in [0.15, 0.2) is 12.2 Å². The quantitative estimate of drug-likeness (QED) is 0.757. The largest absolute Gasteiger partial charge is 0.394 e. The van der Waals surface area contributed by atoms with Gasteiger partial charge in [-0.25, -0.2) is 0 Å². The number of rotatable bonds is 5. The molecule has 4 heteroatoms. The Morgan fingerprint density at radius 3 is 2.85 bits per heavy atom. The Hall–Kier alpha value is -0.420. The molecule has 0 aliphatic carbocycles. The van der Waals surface area contributed by atoms with Gasteiger partial charge in [0.25, 0.3) is 0 Å². The van der Waals surface area contributed by atoms with Gasteiger partial charge < -0.3 is 19.7 Å². The van der Waals surface area contributed by atoms with Crippen LogP contribution in [-0.4, -0.2) is 47.8 Å². The first kappa shape index (κ1) is 16.0. The van der Waals surface area contributed by atoms with E-state index < -0.39 is 6.10 Å². The minimum Gasteiger partial charge on any atom is -0.394 e. The SMILES string of the molecule is C=C1[C@H](C)CCO[C@@H]1CC1O[C@H](CC(O)CO)CC1C. The van der Waals surface area contributed by atoms with Gasteiger partial charge in [-0.3, -0.25) is 0 Å². The van der Waals surface area contributed by atoms with Crippen LogP contribution in [0.1, 0.15) is 39.5 Å². The summed E-state index contributed by atoms with van der Waals surface area (Å²) in [5.74, 6) is 0.983. The molecule has 2 rings (SSSR count). The van der Waals surface area contributed by atoms with Crippen LogP contribution in [0.3, 0.4) is 0 Å². The molecule has 20 heavy (non-hydrogen) atoms. The summed E-state index contributed by atoms with van der Waals surface area (Å²) in [6.07, 6.45) is 3.01. The topological polar surface area (TPSA) is 58.9 Å². The smallest absolute Gasteiger partial charge is 0.0809 e. The van der Waals surface area contributed by atoms with Crippen molar-refractivity contribution >= 4 is 0 Å². The lowest BCUT2D eigenvalue weighted by Crippen LogP contribution is -2.32. The molecule has 0 bridgehead atoms. The Morgan fingerprint density at radius 2 is 2.15 bits per heavy atom. The molecule has 0 radical (unpaired) electrons. The van der Waals surface area contributed by atoms with E-state index in [1.165, 1.54) is 5.57 Å². The lowest BCUT2D eigenvalue weighted by Gasteiger charge is -2.32. The van der Waals surface area contributed by atoms with Gasteiger partial charge in [0, 0.05) is 19.4 Å². The Labute approximate surface area is 121 Å². The monoisotopic (exact) mass is 284 g/mol. The van der Waals surface area contributed by atoms with Crippen LogP contribution in [0, 0.1) is 11.8 Å². The van der Waals surface area contributed by atoms with Crippen molar-refractivity contribution in [3.63, 3.8) is 0 Å². The summed E-state index contributed by atoms with van der Waals surface area (Å²) in [5.41, 5.74) is 1.19. The van der Waals surface area contributed by atoms with Gasteiger partial charge in [-0.1, -0.05) is 20.4 Å². The van der Waals surface area contributed by atoms with Crippen molar-refractivity contribution in [3.8, 4) is 0 Å². The van der Waals surface area contributed by atoms with Crippen molar-refractivity contribution in [2.75, 3.05) is 13.2 Å². The highest BCUT2D eigenvalue weighted by molar-refractivity contribution is 5.09. The summed E-state index contributed by atoms with van der Waals surface area (Å²) in [4.78, 5) is 0. The Bertz CT molecular complexity index is 330. The van der Waals surface area contributed by atoms with E-state index in [1.54, 1.807) is 0 Å². The fourth-order valence-corrected chi connectivity index (χ4v) is 3.25. The van der Waals surface area contributed by atoms with Crippen molar-refractivity contribution in [1.29, 1.82) is 0 Å². The summed E-state index contributed by atoms with van der Waals surface area (Å²) in [7, 11) is 0. The molecule has 0 aromatic carbocycles. The van der Waals surface area contributed by atoms with Gasteiger partial charge >= 0.3 is 0 Å². The van der Waals surface area contributed by atoms with Crippen LogP contribution >= 0.6 is 0 Å². The zero-order valence-electron chi connectivity index (χ0n) is 12.6. The maximum absolute atomic E-state index is 9.52. The highest BCUT2D eigenvalue weighted by Crippen LogP contribution is 2.35. The first-order valence-corrected chi connectivity index (χ1v) is 7.76. The van der Waals surface area contributed by atoms with E-state index in [-0.39, 0.29) is 24.9 Å². The first-order valence-electron chi connectivity index (χ1n) is 7.76. The second-order valence-electron chi connectivity index (χ2n) is 6.44. The van der Waals surface area contributed by atoms with E-state index in [0.717, 1.165) is 25.9 Å². The van der Waals surface area contributed by atoms with E-state index in [0.29, 0.717) is 18.3 Å². The average Bonchev–Trinajstić information content (AvgIpc) is 2.75. The molecule has 6 atom stereocenters. The van der Waals surface area contributed by atoms with Gasteiger partial charge in [-0.05, 0) is 30.3 Å². The lowest BCUT2D eigenvalue weighted by molar-refractivity contribution is -0.0402. The van der Waals surface area contributed by atoms with E-state index in [2.05, 4.69) is 20.4 Å². The molecule has 2 fully saturated rings. The molecule has 2 saturated heterocycles. The third-order valence-corrected chi connectivity index (χ3v) is 4.75. The lowest BCUT2D eigenvalue weighted by atomic mass is 9.87. The van der Waals surface area contributed by atoms with E-state index >= 15 is 0 Å². The summed E-state index contributed by atoms with van der Waals surface area (Å²) in [6.45, 7) is 9.17. The number of aliphatic hydroxyl groups is 2. The molecular weight excluding hydrogens is 256 g/mol. The average molecular weight is 284 g/mol. The molecule has 0 saturated carbocycles. The van der Waals surface area contributed by atoms with Crippen molar-refractivity contribution in [2.45, 2.75) is 63.9 Å². The molecular formula is C16H28O4. The van der Waals surface area contributed by atoms with Crippen LogP contribution in [0.2, 0.25) is 0 Å². The van der Waals surface area contributed by atoms with E-state index in [9.17, 15) is 5.11 Å². The normalized spacial score (nSPS) is 40.0. The van der Waals surface area contributed by atoms with Gasteiger partial charge in [0.15, 0.2) is 0 Å².